The first-order valence-corrected chi connectivity index (χ1v) is 8.43. The van der Waals surface area contributed by atoms with E-state index in [0.717, 1.165) is 24.1 Å². The summed E-state index contributed by atoms with van der Waals surface area (Å²) in [5.74, 6) is 0.534. The Morgan fingerprint density at radius 3 is 2.92 bits per heavy atom. The Labute approximate surface area is 150 Å². The summed E-state index contributed by atoms with van der Waals surface area (Å²) in [6.45, 7) is 0.610. The molecule has 25 heavy (non-hydrogen) atoms. The first-order valence-electron chi connectivity index (χ1n) is 8.05. The Balaban J connectivity index is 1.86. The monoisotopic (exact) mass is 356 g/mol. The van der Waals surface area contributed by atoms with Gasteiger partial charge >= 0.3 is 0 Å². The summed E-state index contributed by atoms with van der Waals surface area (Å²) in [5.41, 5.74) is 3.52. The minimum absolute atomic E-state index is 0.118. The molecule has 0 N–H and O–H groups in total. The fourth-order valence-corrected chi connectivity index (χ4v) is 3.61. The van der Waals surface area contributed by atoms with Gasteiger partial charge in [0.25, 0.3) is 5.91 Å². The summed E-state index contributed by atoms with van der Waals surface area (Å²) in [5, 5.41) is 0.658. The van der Waals surface area contributed by atoms with Gasteiger partial charge in [-0.1, -0.05) is 11.6 Å². The van der Waals surface area contributed by atoms with Crippen LogP contribution in [0, 0.1) is 0 Å². The highest BCUT2D eigenvalue weighted by Crippen LogP contribution is 2.41. The summed E-state index contributed by atoms with van der Waals surface area (Å²) >= 11 is 6.37. The van der Waals surface area contributed by atoms with E-state index in [9.17, 15) is 4.79 Å². The van der Waals surface area contributed by atoms with Crippen molar-refractivity contribution in [2.45, 2.75) is 12.8 Å². The van der Waals surface area contributed by atoms with Gasteiger partial charge in [-0.25, -0.2) is 9.97 Å². The number of aryl methyl sites for hydroxylation is 1. The predicted octanol–water partition coefficient (Wildman–Crippen LogP) is 3.22. The van der Waals surface area contributed by atoms with Crippen LogP contribution in [0.1, 0.15) is 22.3 Å². The standard InChI is InChI=1S/C18H17ClN4O2/c1-22-10-21-15-12(7-8-20-17(15)22)18(24)23-9-3-4-11-13(19)5-6-14(25-2)16(11)23/h5-8,10H,3-4,9H2,1-2H3. The Bertz CT molecular complexity index is 983. The quantitative estimate of drug-likeness (QED) is 0.707. The van der Waals surface area contributed by atoms with E-state index in [0.29, 0.717) is 34.0 Å². The number of imidazole rings is 1. The van der Waals surface area contributed by atoms with Gasteiger partial charge in [0.1, 0.15) is 11.3 Å². The fourth-order valence-electron chi connectivity index (χ4n) is 3.36. The van der Waals surface area contributed by atoms with Gasteiger partial charge in [-0.3, -0.25) is 4.79 Å². The molecule has 3 heterocycles. The maximum absolute atomic E-state index is 13.3. The van der Waals surface area contributed by atoms with Crippen LogP contribution >= 0.6 is 11.6 Å². The Kier molecular flexibility index (Phi) is 3.84. The fraction of sp³-hybridized carbons (Fsp3) is 0.278. The highest BCUT2D eigenvalue weighted by Gasteiger charge is 2.29. The molecule has 0 fully saturated rings. The van der Waals surface area contributed by atoms with Gasteiger partial charge in [0.15, 0.2) is 5.65 Å². The van der Waals surface area contributed by atoms with Crippen molar-refractivity contribution in [2.75, 3.05) is 18.6 Å². The number of carbonyl (C=O) groups is 1. The van der Waals surface area contributed by atoms with E-state index in [2.05, 4.69) is 9.97 Å². The second-order valence-electron chi connectivity index (χ2n) is 6.02. The number of pyridine rings is 1. The number of benzene rings is 1. The van der Waals surface area contributed by atoms with Crippen LogP contribution in [-0.2, 0) is 13.5 Å². The molecule has 6 nitrogen and oxygen atoms in total. The summed E-state index contributed by atoms with van der Waals surface area (Å²) in [4.78, 5) is 23.7. The van der Waals surface area contributed by atoms with Crippen LogP contribution in [0.3, 0.4) is 0 Å². The smallest absolute Gasteiger partial charge is 0.260 e. The number of halogens is 1. The van der Waals surface area contributed by atoms with Crippen molar-refractivity contribution in [3.8, 4) is 5.75 Å². The molecule has 0 saturated heterocycles. The van der Waals surface area contributed by atoms with Crippen molar-refractivity contribution in [1.29, 1.82) is 0 Å². The molecule has 1 aromatic carbocycles. The molecular formula is C18H17ClN4O2. The number of anilines is 1. The summed E-state index contributed by atoms with van der Waals surface area (Å²) in [6.07, 6.45) is 4.97. The molecule has 1 aliphatic heterocycles. The molecule has 1 amide bonds. The molecule has 0 spiro atoms. The number of amides is 1. The van der Waals surface area contributed by atoms with Gasteiger partial charge in [-0.2, -0.15) is 0 Å². The van der Waals surface area contributed by atoms with Crippen molar-refractivity contribution >= 4 is 34.4 Å². The van der Waals surface area contributed by atoms with E-state index in [1.54, 1.807) is 41.2 Å². The lowest BCUT2D eigenvalue weighted by Gasteiger charge is -2.31. The van der Waals surface area contributed by atoms with Gasteiger partial charge in [0, 0.05) is 24.8 Å². The lowest BCUT2D eigenvalue weighted by atomic mass is 9.99. The van der Waals surface area contributed by atoms with Crippen LogP contribution in [0.25, 0.3) is 11.2 Å². The first-order chi connectivity index (χ1) is 12.1. The first kappa shape index (κ1) is 15.9. The number of carbonyl (C=O) groups excluding carboxylic acids is 1. The van der Waals surface area contributed by atoms with E-state index in [-0.39, 0.29) is 5.91 Å². The molecule has 7 heteroatoms. The highest BCUT2D eigenvalue weighted by atomic mass is 35.5. The van der Waals surface area contributed by atoms with Gasteiger partial charge in [0.05, 0.1) is 24.7 Å². The SMILES string of the molecule is COc1ccc(Cl)c2c1N(C(=O)c1ccnc3c1ncn3C)CCC2. The van der Waals surface area contributed by atoms with Crippen molar-refractivity contribution < 1.29 is 9.53 Å². The van der Waals surface area contributed by atoms with E-state index in [1.807, 2.05) is 13.1 Å². The number of aromatic nitrogens is 3. The van der Waals surface area contributed by atoms with Gasteiger partial charge in [-0.05, 0) is 36.6 Å². The van der Waals surface area contributed by atoms with Crippen molar-refractivity contribution in [3.05, 3.63) is 46.9 Å². The number of rotatable bonds is 2. The molecule has 0 saturated carbocycles. The molecule has 1 aliphatic rings. The zero-order valence-electron chi connectivity index (χ0n) is 14.0. The molecule has 0 unspecified atom stereocenters. The molecule has 128 valence electrons. The zero-order chi connectivity index (χ0) is 17.6. The van der Waals surface area contributed by atoms with Crippen LogP contribution in [-0.4, -0.2) is 34.1 Å². The normalized spacial score (nSPS) is 13.8. The van der Waals surface area contributed by atoms with Gasteiger partial charge < -0.3 is 14.2 Å². The molecular weight excluding hydrogens is 340 g/mol. The molecule has 0 bridgehead atoms. The van der Waals surface area contributed by atoms with E-state index in [4.69, 9.17) is 16.3 Å². The summed E-state index contributed by atoms with van der Waals surface area (Å²) < 4.78 is 7.29. The van der Waals surface area contributed by atoms with Crippen molar-refractivity contribution in [3.63, 3.8) is 0 Å². The average molecular weight is 357 g/mol. The molecule has 0 aliphatic carbocycles. The van der Waals surface area contributed by atoms with E-state index in [1.165, 1.54) is 0 Å². The van der Waals surface area contributed by atoms with Crippen LogP contribution < -0.4 is 9.64 Å². The van der Waals surface area contributed by atoms with E-state index >= 15 is 0 Å². The minimum atomic E-state index is -0.118. The van der Waals surface area contributed by atoms with Crippen LogP contribution in [0.4, 0.5) is 5.69 Å². The topological polar surface area (TPSA) is 60.2 Å². The number of hydrogen-bond acceptors (Lipinski definition) is 4. The Hall–Kier alpha value is -2.60. The third kappa shape index (κ3) is 2.44. The molecule has 0 atom stereocenters. The second-order valence-corrected chi connectivity index (χ2v) is 6.43. The Morgan fingerprint density at radius 2 is 2.12 bits per heavy atom. The largest absolute Gasteiger partial charge is 0.495 e. The average Bonchev–Trinajstić information content (AvgIpc) is 3.02. The highest BCUT2D eigenvalue weighted by molar-refractivity contribution is 6.32. The molecule has 4 rings (SSSR count). The zero-order valence-corrected chi connectivity index (χ0v) is 14.7. The summed E-state index contributed by atoms with van der Waals surface area (Å²) in [7, 11) is 3.46. The third-order valence-corrected chi connectivity index (χ3v) is 4.92. The van der Waals surface area contributed by atoms with E-state index < -0.39 is 0 Å². The minimum Gasteiger partial charge on any atom is -0.495 e. The molecule has 0 radical (unpaired) electrons. The molecule has 3 aromatic rings. The summed E-state index contributed by atoms with van der Waals surface area (Å²) in [6, 6.07) is 5.33. The number of nitrogens with zero attached hydrogens (tertiary/aromatic N) is 4. The van der Waals surface area contributed by atoms with Crippen LogP contribution in [0.5, 0.6) is 5.75 Å². The van der Waals surface area contributed by atoms with Crippen molar-refractivity contribution in [2.24, 2.45) is 7.05 Å². The maximum Gasteiger partial charge on any atom is 0.260 e. The predicted molar refractivity (Wildman–Crippen MR) is 96.5 cm³/mol. The number of fused-ring (bicyclic) bond motifs is 2. The number of hydrogen-bond donors (Lipinski definition) is 0. The number of ether oxygens (including phenoxy) is 1. The third-order valence-electron chi connectivity index (χ3n) is 4.56. The van der Waals surface area contributed by atoms with Crippen LogP contribution in [0.2, 0.25) is 5.02 Å². The lowest BCUT2D eigenvalue weighted by molar-refractivity contribution is 0.0985. The van der Waals surface area contributed by atoms with Gasteiger partial charge in [0.2, 0.25) is 0 Å². The van der Waals surface area contributed by atoms with Crippen molar-refractivity contribution in [1.82, 2.24) is 14.5 Å². The van der Waals surface area contributed by atoms with Gasteiger partial charge in [-0.15, -0.1) is 0 Å². The molecule has 2 aromatic heterocycles. The maximum atomic E-state index is 13.3. The second kappa shape index (κ2) is 6.04. The number of methoxy groups -OCH3 is 1. The Morgan fingerprint density at radius 1 is 1.28 bits per heavy atom. The van der Waals surface area contributed by atoms with Crippen LogP contribution in [0.15, 0.2) is 30.7 Å². The lowest BCUT2D eigenvalue weighted by Crippen LogP contribution is -2.36.